The van der Waals surface area contributed by atoms with Crippen LogP contribution in [0.25, 0.3) is 10.9 Å². The van der Waals surface area contributed by atoms with Crippen LogP contribution in [0.5, 0.6) is 11.5 Å². The highest BCUT2D eigenvalue weighted by molar-refractivity contribution is 5.79. The zero-order valence-electron chi connectivity index (χ0n) is 22.5. The van der Waals surface area contributed by atoms with Crippen LogP contribution in [0.3, 0.4) is 0 Å². The number of hydrogen-bond acceptors (Lipinski definition) is 6. The molecule has 0 spiro atoms. The molecule has 3 aromatic rings. The number of likely N-dealkylation sites (tertiary alicyclic amines) is 1. The van der Waals surface area contributed by atoms with Gasteiger partial charge in [0.2, 0.25) is 0 Å². The summed E-state index contributed by atoms with van der Waals surface area (Å²) in [6.45, 7) is 9.38. The zero-order valence-corrected chi connectivity index (χ0v) is 22.5. The molecule has 39 heavy (non-hydrogen) atoms. The molecule has 1 atom stereocenters. The molecule has 0 N–H and O–H groups in total. The van der Waals surface area contributed by atoms with E-state index in [0.29, 0.717) is 31.1 Å². The van der Waals surface area contributed by atoms with Gasteiger partial charge in [-0.05, 0) is 82.2 Å². The van der Waals surface area contributed by atoms with Crippen molar-refractivity contribution < 1.29 is 23.0 Å². The molecule has 1 aliphatic rings. The highest BCUT2D eigenvalue weighted by atomic mass is 19.1. The normalized spacial score (nSPS) is 15.2. The van der Waals surface area contributed by atoms with Gasteiger partial charge >= 0.3 is 6.09 Å². The van der Waals surface area contributed by atoms with E-state index in [9.17, 15) is 23.6 Å². The van der Waals surface area contributed by atoms with E-state index in [-0.39, 0.29) is 28.7 Å². The first kappa shape index (κ1) is 28.0. The Bertz CT molecular complexity index is 1470. The summed E-state index contributed by atoms with van der Waals surface area (Å²) in [7, 11) is 0. The van der Waals surface area contributed by atoms with Gasteiger partial charge in [0.25, 0.3) is 5.56 Å². The van der Waals surface area contributed by atoms with Crippen molar-refractivity contribution in [2.24, 2.45) is 11.8 Å². The van der Waals surface area contributed by atoms with Crippen molar-refractivity contribution in [1.29, 1.82) is 5.26 Å². The van der Waals surface area contributed by atoms with E-state index in [1.807, 2.05) is 20.8 Å². The van der Waals surface area contributed by atoms with Crippen LogP contribution >= 0.6 is 0 Å². The van der Waals surface area contributed by atoms with E-state index in [0.717, 1.165) is 31.4 Å². The first-order valence-corrected chi connectivity index (χ1v) is 13.0. The number of fused-ring (bicyclic) bond motifs is 1. The fourth-order valence-corrected chi connectivity index (χ4v) is 4.84. The fourth-order valence-electron chi connectivity index (χ4n) is 4.84. The number of aromatic nitrogens is 2. The number of benzene rings is 2. The molecule has 0 saturated carbocycles. The van der Waals surface area contributed by atoms with Gasteiger partial charge < -0.3 is 14.4 Å². The Balaban J connectivity index is 1.43. The molecule has 1 saturated heterocycles. The van der Waals surface area contributed by atoms with Gasteiger partial charge in [0, 0.05) is 19.6 Å². The molecular formula is C29H32F2N4O4. The van der Waals surface area contributed by atoms with Gasteiger partial charge in [-0.2, -0.15) is 5.26 Å². The zero-order chi connectivity index (χ0) is 28.3. The van der Waals surface area contributed by atoms with Gasteiger partial charge in [0.1, 0.15) is 28.8 Å². The molecule has 8 nitrogen and oxygen atoms in total. The number of halogens is 2. The smallest absolute Gasteiger partial charge is 0.410 e. The van der Waals surface area contributed by atoms with E-state index in [1.54, 1.807) is 17.0 Å². The molecule has 2 heterocycles. The molecule has 0 aliphatic carbocycles. The van der Waals surface area contributed by atoms with Crippen molar-refractivity contribution in [2.75, 3.05) is 13.1 Å². The van der Waals surface area contributed by atoms with Crippen LogP contribution in [0.15, 0.2) is 41.5 Å². The standard InChI is InChI=1S/C29H32F2N4O4/c1-18(13-19-9-11-34(12-10-19)28(37)39-29(2,3)4)16-35-17-33-25-8-5-20(14-21(25)27(35)36)38-26-22(15-32)23(30)6-7-24(26)31/h5-8,14,17-19H,9-13,16H2,1-4H3. The highest BCUT2D eigenvalue weighted by Crippen LogP contribution is 2.31. The summed E-state index contributed by atoms with van der Waals surface area (Å²) < 4.78 is 40.7. The Morgan fingerprint density at radius 3 is 2.54 bits per heavy atom. The van der Waals surface area contributed by atoms with Gasteiger partial charge in [-0.1, -0.05) is 6.92 Å². The molecule has 2 aromatic carbocycles. The maximum atomic E-state index is 14.3. The number of nitriles is 1. The lowest BCUT2D eigenvalue weighted by Crippen LogP contribution is -2.42. The molecule has 1 aromatic heterocycles. The second kappa shape index (κ2) is 11.4. The number of ether oxygens (including phenoxy) is 2. The molecule has 4 rings (SSSR count). The number of carbonyl (C=O) groups excluding carboxylic acids is 1. The summed E-state index contributed by atoms with van der Waals surface area (Å²) in [6.07, 6.45) is 3.86. The summed E-state index contributed by atoms with van der Waals surface area (Å²) in [6, 6.07) is 7.81. The van der Waals surface area contributed by atoms with Crippen LogP contribution in [-0.4, -0.2) is 39.2 Å². The molecule has 1 amide bonds. The summed E-state index contributed by atoms with van der Waals surface area (Å²) in [5, 5.41) is 9.48. The molecule has 10 heteroatoms. The lowest BCUT2D eigenvalue weighted by molar-refractivity contribution is 0.0175. The quantitative estimate of drug-likeness (QED) is 0.381. The van der Waals surface area contributed by atoms with Gasteiger partial charge in [0.15, 0.2) is 11.6 Å². The first-order chi connectivity index (χ1) is 18.4. The molecular weight excluding hydrogens is 506 g/mol. The van der Waals surface area contributed by atoms with E-state index in [2.05, 4.69) is 11.9 Å². The Labute approximate surface area is 225 Å². The Kier molecular flexibility index (Phi) is 8.19. The van der Waals surface area contributed by atoms with Crippen LogP contribution in [0.4, 0.5) is 13.6 Å². The van der Waals surface area contributed by atoms with E-state index in [4.69, 9.17) is 9.47 Å². The third-order valence-electron chi connectivity index (χ3n) is 6.70. The summed E-state index contributed by atoms with van der Waals surface area (Å²) in [4.78, 5) is 31.7. The average molecular weight is 539 g/mol. The second-order valence-corrected chi connectivity index (χ2v) is 11.1. The lowest BCUT2D eigenvalue weighted by atomic mass is 9.88. The van der Waals surface area contributed by atoms with Crippen LogP contribution in [0, 0.1) is 34.8 Å². The topological polar surface area (TPSA) is 97.4 Å². The van der Waals surface area contributed by atoms with Gasteiger partial charge in [0.05, 0.1) is 17.2 Å². The molecule has 0 bridgehead atoms. The maximum Gasteiger partial charge on any atom is 0.410 e. The molecule has 1 aliphatic heterocycles. The maximum absolute atomic E-state index is 14.3. The minimum atomic E-state index is -0.900. The number of rotatable bonds is 6. The SMILES string of the molecule is CC(CC1CCN(C(=O)OC(C)(C)C)CC1)Cn1cnc2ccc(Oc3c(F)ccc(F)c3C#N)cc2c1=O. The third-order valence-corrected chi connectivity index (χ3v) is 6.70. The summed E-state index contributed by atoms with van der Waals surface area (Å²) in [5.41, 5.74) is -0.918. The van der Waals surface area contributed by atoms with Crippen LogP contribution in [0.2, 0.25) is 0 Å². The van der Waals surface area contributed by atoms with Crippen molar-refractivity contribution in [3.63, 3.8) is 0 Å². The predicted molar refractivity (Wildman–Crippen MR) is 141 cm³/mol. The highest BCUT2D eigenvalue weighted by Gasteiger charge is 2.27. The molecule has 1 unspecified atom stereocenters. The predicted octanol–water partition coefficient (Wildman–Crippen LogP) is 6.01. The second-order valence-electron chi connectivity index (χ2n) is 11.1. The summed E-state index contributed by atoms with van der Waals surface area (Å²) in [5.74, 6) is -1.62. The van der Waals surface area contributed by atoms with Crippen LogP contribution < -0.4 is 10.3 Å². The first-order valence-electron chi connectivity index (χ1n) is 13.0. The number of amides is 1. The van der Waals surface area contributed by atoms with Crippen LogP contribution in [-0.2, 0) is 11.3 Å². The molecule has 1 fully saturated rings. The monoisotopic (exact) mass is 538 g/mol. The minimum Gasteiger partial charge on any atom is -0.453 e. The number of nitrogens with zero attached hydrogens (tertiary/aromatic N) is 4. The van der Waals surface area contributed by atoms with Crippen molar-refractivity contribution in [3.8, 4) is 17.6 Å². The molecule has 206 valence electrons. The fraction of sp³-hybridized carbons (Fsp3) is 0.448. The van der Waals surface area contributed by atoms with Gasteiger partial charge in [-0.25, -0.2) is 18.6 Å². The van der Waals surface area contributed by atoms with Crippen molar-refractivity contribution >= 4 is 17.0 Å². The third kappa shape index (κ3) is 6.72. The minimum absolute atomic E-state index is 0.0879. The number of piperidine rings is 1. The molecule has 0 radical (unpaired) electrons. The van der Waals surface area contributed by atoms with Gasteiger partial charge in [-0.15, -0.1) is 0 Å². The van der Waals surface area contributed by atoms with Crippen molar-refractivity contribution in [2.45, 2.75) is 59.1 Å². The number of hydrogen-bond donors (Lipinski definition) is 0. The largest absolute Gasteiger partial charge is 0.453 e. The lowest BCUT2D eigenvalue weighted by Gasteiger charge is -2.34. The van der Waals surface area contributed by atoms with E-state index >= 15 is 0 Å². The summed E-state index contributed by atoms with van der Waals surface area (Å²) >= 11 is 0. The van der Waals surface area contributed by atoms with E-state index < -0.39 is 28.5 Å². The average Bonchev–Trinajstić information content (AvgIpc) is 2.88. The Hall–Kier alpha value is -4.00. The number of carbonyl (C=O) groups is 1. The Morgan fingerprint density at radius 2 is 1.87 bits per heavy atom. The Morgan fingerprint density at radius 1 is 1.18 bits per heavy atom. The van der Waals surface area contributed by atoms with E-state index in [1.165, 1.54) is 23.0 Å². The van der Waals surface area contributed by atoms with Crippen LogP contribution in [0.1, 0.15) is 52.5 Å². The van der Waals surface area contributed by atoms with Gasteiger partial charge in [-0.3, -0.25) is 9.36 Å². The van der Waals surface area contributed by atoms with Crippen molar-refractivity contribution in [3.05, 3.63) is 64.2 Å². The van der Waals surface area contributed by atoms with Crippen molar-refractivity contribution in [1.82, 2.24) is 14.5 Å².